The zero-order chi connectivity index (χ0) is 4.50. The Morgan fingerprint density at radius 2 is 1.20 bits per heavy atom. The van der Waals surface area contributed by atoms with Gasteiger partial charge in [-0.05, 0) is 0 Å². The van der Waals surface area contributed by atoms with Gasteiger partial charge in [0.2, 0.25) is 0 Å². The van der Waals surface area contributed by atoms with Crippen molar-refractivity contribution in [1.82, 2.24) is 0 Å². The van der Waals surface area contributed by atoms with Crippen LogP contribution in [0, 0.1) is 0 Å². The molecule has 0 aromatic rings. The van der Waals surface area contributed by atoms with E-state index in [0.29, 0.717) is 0 Å². The molecule has 4 heteroatoms. The van der Waals surface area contributed by atoms with Crippen LogP contribution in [-0.4, -0.2) is 21.4 Å². The van der Waals surface area contributed by atoms with Gasteiger partial charge in [0.05, 0.1) is 0 Å². The minimum atomic E-state index is -3.00. The Kier molecular flexibility index (Phi) is 0.879. The van der Waals surface area contributed by atoms with Crippen LogP contribution in [0.15, 0.2) is 0 Å². The number of aliphatic hydroxyl groups is 3. The quantitative estimate of drug-likeness (QED) is 0.242. The Hall–Kier alpha value is -0.160. The average Bonchev–Trinajstić information content (AvgIpc) is 0.722. The van der Waals surface area contributed by atoms with Crippen LogP contribution in [0.3, 0.4) is 0 Å². The predicted octanol–water partition coefficient (Wildman–Crippen LogP) is -2.47. The topological polar surface area (TPSA) is 86.7 Å². The third-order valence-corrected chi connectivity index (χ3v) is 0. The summed E-state index contributed by atoms with van der Waals surface area (Å²) < 4.78 is 0. The van der Waals surface area contributed by atoms with E-state index in [1.165, 1.54) is 0 Å². The van der Waals surface area contributed by atoms with Crippen molar-refractivity contribution in [3.63, 3.8) is 0 Å². The van der Waals surface area contributed by atoms with Gasteiger partial charge in [-0.2, -0.15) is 0 Å². The summed E-state index contributed by atoms with van der Waals surface area (Å²) in [5.74, 6) is 0. The maximum Gasteiger partial charge on any atom is 0.340 e. The molecule has 0 radical (unpaired) electrons. The van der Waals surface area contributed by atoms with Crippen LogP contribution in [-0.2, 0) is 0 Å². The fourth-order valence-electron chi connectivity index (χ4n) is 0. The first-order chi connectivity index (χ1) is 2.00. The van der Waals surface area contributed by atoms with Gasteiger partial charge in [0.25, 0.3) is 0 Å². The van der Waals surface area contributed by atoms with Crippen LogP contribution in [0.25, 0.3) is 0 Å². The van der Waals surface area contributed by atoms with Crippen molar-refractivity contribution < 1.29 is 15.3 Å². The molecule has 0 aliphatic carbocycles. The van der Waals surface area contributed by atoms with E-state index in [0.717, 1.165) is 0 Å². The summed E-state index contributed by atoms with van der Waals surface area (Å²) >= 11 is 0. The summed E-state index contributed by atoms with van der Waals surface area (Å²) in [5.41, 5.74) is 4.02. The SMILES string of the molecule is NC(O)(O)O. The highest BCUT2D eigenvalue weighted by Gasteiger charge is 2.04. The first-order valence-electron chi connectivity index (χ1n) is 0.959. The molecular weight excluding hydrogens is 74.0 g/mol. The molecule has 0 unspecified atom stereocenters. The zero-order valence-corrected chi connectivity index (χ0v) is 2.42. The number of hydrogen-bond acceptors (Lipinski definition) is 4. The number of hydrogen-bond donors (Lipinski definition) is 4. The Bertz CT molecular complexity index is 22.4. The van der Waals surface area contributed by atoms with Crippen molar-refractivity contribution in [1.29, 1.82) is 0 Å². The van der Waals surface area contributed by atoms with Gasteiger partial charge in [0.15, 0.2) is 0 Å². The molecular formula is CH5NO3. The highest BCUT2D eigenvalue weighted by Crippen LogP contribution is 1.69. The fourth-order valence-corrected chi connectivity index (χ4v) is 0. The Balaban J connectivity index is 3.02. The molecule has 32 valence electrons. The van der Waals surface area contributed by atoms with E-state index < -0.39 is 6.10 Å². The van der Waals surface area contributed by atoms with Gasteiger partial charge in [0, 0.05) is 0 Å². The van der Waals surface area contributed by atoms with E-state index >= 15 is 0 Å². The van der Waals surface area contributed by atoms with Gasteiger partial charge >= 0.3 is 6.10 Å². The molecule has 0 amide bonds. The van der Waals surface area contributed by atoms with Crippen LogP contribution in [0.2, 0.25) is 0 Å². The molecule has 0 heterocycles. The van der Waals surface area contributed by atoms with Crippen molar-refractivity contribution in [2.75, 3.05) is 0 Å². The molecule has 5 heavy (non-hydrogen) atoms. The molecule has 0 saturated heterocycles. The Morgan fingerprint density at radius 3 is 1.20 bits per heavy atom. The lowest BCUT2D eigenvalue weighted by molar-refractivity contribution is -0.306. The highest BCUT2D eigenvalue weighted by molar-refractivity contribution is 4.16. The van der Waals surface area contributed by atoms with Crippen molar-refractivity contribution in [3.05, 3.63) is 0 Å². The third-order valence-electron chi connectivity index (χ3n) is 0. The van der Waals surface area contributed by atoms with Gasteiger partial charge in [-0.1, -0.05) is 0 Å². The lowest BCUT2D eigenvalue weighted by Crippen LogP contribution is -2.38. The predicted molar refractivity (Wildman–Crippen MR) is 13.6 cm³/mol. The van der Waals surface area contributed by atoms with Crippen LogP contribution >= 0.6 is 0 Å². The molecule has 0 saturated carbocycles. The van der Waals surface area contributed by atoms with E-state index in [4.69, 9.17) is 15.3 Å². The second-order valence-electron chi connectivity index (χ2n) is 0.687. The Labute approximate surface area is 28.5 Å². The fraction of sp³-hybridized carbons (Fsp3) is 1.00. The molecule has 0 aromatic heterocycles. The standard InChI is InChI=1S/CH5NO3/c2-1(3,4)5/h3-5H,2H2. The highest BCUT2D eigenvalue weighted by atomic mass is 16.7. The minimum absolute atomic E-state index is 3.00. The van der Waals surface area contributed by atoms with Crippen LogP contribution < -0.4 is 5.73 Å². The molecule has 0 aliphatic heterocycles. The molecule has 4 nitrogen and oxygen atoms in total. The summed E-state index contributed by atoms with van der Waals surface area (Å²) in [6, 6.07) is 0. The van der Waals surface area contributed by atoms with E-state index in [2.05, 4.69) is 5.73 Å². The van der Waals surface area contributed by atoms with Gasteiger partial charge in [0.1, 0.15) is 0 Å². The first kappa shape index (κ1) is 4.84. The summed E-state index contributed by atoms with van der Waals surface area (Å²) in [6.45, 7) is 0. The minimum Gasteiger partial charge on any atom is -0.330 e. The number of rotatable bonds is 0. The maximum absolute atomic E-state index is 7.41. The van der Waals surface area contributed by atoms with Gasteiger partial charge in [-0.3, -0.25) is 5.73 Å². The molecule has 0 spiro atoms. The van der Waals surface area contributed by atoms with Gasteiger partial charge < -0.3 is 15.3 Å². The Morgan fingerprint density at radius 1 is 1.20 bits per heavy atom. The maximum atomic E-state index is 7.41. The van der Waals surface area contributed by atoms with Crippen molar-refractivity contribution in [3.8, 4) is 0 Å². The molecule has 0 aromatic carbocycles. The van der Waals surface area contributed by atoms with Crippen LogP contribution in [0.4, 0.5) is 0 Å². The van der Waals surface area contributed by atoms with E-state index in [1.54, 1.807) is 0 Å². The molecule has 0 bridgehead atoms. The van der Waals surface area contributed by atoms with Crippen molar-refractivity contribution in [2.45, 2.75) is 6.10 Å². The normalized spacial score (nSPS) is 12.0. The molecule has 0 fully saturated rings. The van der Waals surface area contributed by atoms with E-state index in [1.807, 2.05) is 0 Å². The van der Waals surface area contributed by atoms with Gasteiger partial charge in [-0.25, -0.2) is 0 Å². The molecule has 0 atom stereocenters. The summed E-state index contributed by atoms with van der Waals surface area (Å²) in [4.78, 5) is 0. The average molecular weight is 79.1 g/mol. The summed E-state index contributed by atoms with van der Waals surface area (Å²) in [7, 11) is 0. The molecule has 0 aliphatic rings. The van der Waals surface area contributed by atoms with E-state index in [-0.39, 0.29) is 0 Å². The summed E-state index contributed by atoms with van der Waals surface area (Å²) in [6.07, 6.45) is -3.00. The van der Waals surface area contributed by atoms with Crippen LogP contribution in [0.5, 0.6) is 0 Å². The monoisotopic (exact) mass is 79.0 g/mol. The second-order valence-corrected chi connectivity index (χ2v) is 0.687. The number of nitrogens with two attached hydrogens (primary N) is 1. The second kappa shape index (κ2) is 0.908. The summed E-state index contributed by atoms with van der Waals surface area (Å²) in [5, 5.41) is 22.2. The van der Waals surface area contributed by atoms with Crippen LogP contribution in [0.1, 0.15) is 0 Å². The smallest absolute Gasteiger partial charge is 0.330 e. The lowest BCUT2D eigenvalue weighted by atomic mass is 11.1. The largest absolute Gasteiger partial charge is 0.340 e. The third kappa shape index (κ3) is 508. The molecule has 0 rings (SSSR count). The molecule has 5 N–H and O–H groups in total. The van der Waals surface area contributed by atoms with Crippen molar-refractivity contribution in [2.24, 2.45) is 5.73 Å². The van der Waals surface area contributed by atoms with Crippen molar-refractivity contribution >= 4 is 0 Å². The van der Waals surface area contributed by atoms with E-state index in [9.17, 15) is 0 Å². The first-order valence-corrected chi connectivity index (χ1v) is 0.959. The lowest BCUT2D eigenvalue weighted by Gasteiger charge is -2.01. The van der Waals surface area contributed by atoms with Gasteiger partial charge in [-0.15, -0.1) is 0 Å². The zero-order valence-electron chi connectivity index (χ0n) is 2.42.